The molecule has 0 spiro atoms. The highest BCUT2D eigenvalue weighted by atomic mass is 35.5. The molecule has 36 heavy (non-hydrogen) atoms. The van der Waals surface area contributed by atoms with Gasteiger partial charge in [0.05, 0.1) is 30.6 Å². The van der Waals surface area contributed by atoms with E-state index in [2.05, 4.69) is 0 Å². The van der Waals surface area contributed by atoms with Crippen molar-refractivity contribution in [3.8, 4) is 23.1 Å². The Balaban J connectivity index is 1.58. The summed E-state index contributed by atoms with van der Waals surface area (Å²) in [4.78, 5) is 15.2. The molecule has 4 aromatic rings. The van der Waals surface area contributed by atoms with Crippen LogP contribution >= 0.6 is 11.6 Å². The molecule has 6 nitrogen and oxygen atoms in total. The van der Waals surface area contributed by atoms with Gasteiger partial charge >= 0.3 is 0 Å². The SMILES string of the molecule is COc1ccccc1Oc1c(CN(C(=O)c2cccc(F)c2)C2CC2)c(C)nn1-c1ccc(Cl)cc1. The maximum absolute atomic E-state index is 13.9. The monoisotopic (exact) mass is 505 g/mol. The summed E-state index contributed by atoms with van der Waals surface area (Å²) < 4.78 is 27.5. The van der Waals surface area contributed by atoms with Crippen LogP contribution < -0.4 is 9.47 Å². The number of halogens is 2. The van der Waals surface area contributed by atoms with Gasteiger partial charge in [-0.15, -0.1) is 0 Å². The number of ether oxygens (including phenoxy) is 2. The molecule has 0 unspecified atom stereocenters. The molecular formula is C28H25ClFN3O3. The van der Waals surface area contributed by atoms with E-state index >= 15 is 0 Å². The van der Waals surface area contributed by atoms with Crippen molar-refractivity contribution in [3.05, 3.63) is 100 Å². The lowest BCUT2D eigenvalue weighted by molar-refractivity contribution is 0.0728. The Kier molecular flexibility index (Phi) is 6.65. The fourth-order valence-electron chi connectivity index (χ4n) is 4.10. The Morgan fingerprint density at radius 1 is 1.08 bits per heavy atom. The lowest BCUT2D eigenvalue weighted by atomic mass is 10.1. The first-order valence-corrected chi connectivity index (χ1v) is 12.0. The molecule has 0 saturated heterocycles. The molecule has 0 atom stereocenters. The molecule has 1 amide bonds. The molecule has 1 aliphatic carbocycles. The van der Waals surface area contributed by atoms with E-state index in [1.165, 1.54) is 12.1 Å². The summed E-state index contributed by atoms with van der Waals surface area (Å²) >= 11 is 6.11. The summed E-state index contributed by atoms with van der Waals surface area (Å²) in [7, 11) is 1.58. The van der Waals surface area contributed by atoms with E-state index < -0.39 is 5.82 Å². The second kappa shape index (κ2) is 10.0. The van der Waals surface area contributed by atoms with Crippen LogP contribution in [0.5, 0.6) is 17.4 Å². The molecule has 1 aromatic heterocycles. The molecule has 184 valence electrons. The summed E-state index contributed by atoms with van der Waals surface area (Å²) in [6.07, 6.45) is 1.79. The smallest absolute Gasteiger partial charge is 0.254 e. The Labute approximate surface area is 213 Å². The highest BCUT2D eigenvalue weighted by molar-refractivity contribution is 6.30. The topological polar surface area (TPSA) is 56.6 Å². The van der Waals surface area contributed by atoms with Crippen LogP contribution in [0, 0.1) is 12.7 Å². The average molecular weight is 506 g/mol. The van der Waals surface area contributed by atoms with Gasteiger partial charge in [-0.2, -0.15) is 5.10 Å². The maximum Gasteiger partial charge on any atom is 0.254 e. The van der Waals surface area contributed by atoms with Crippen molar-refractivity contribution >= 4 is 17.5 Å². The number of rotatable bonds is 8. The number of benzene rings is 3. The number of aromatic nitrogens is 2. The van der Waals surface area contributed by atoms with E-state index in [4.69, 9.17) is 26.2 Å². The largest absolute Gasteiger partial charge is 0.493 e. The molecule has 0 aliphatic heterocycles. The summed E-state index contributed by atoms with van der Waals surface area (Å²) in [5, 5.41) is 5.36. The van der Waals surface area contributed by atoms with Crippen LogP contribution in [0.3, 0.4) is 0 Å². The van der Waals surface area contributed by atoms with Gasteiger partial charge in [0.1, 0.15) is 5.82 Å². The number of carbonyl (C=O) groups excluding carboxylic acids is 1. The van der Waals surface area contributed by atoms with Crippen molar-refractivity contribution in [2.24, 2.45) is 0 Å². The third-order valence-electron chi connectivity index (χ3n) is 6.13. The zero-order valence-corrected chi connectivity index (χ0v) is 20.7. The predicted octanol–water partition coefficient (Wildman–Crippen LogP) is 6.58. The lowest BCUT2D eigenvalue weighted by Crippen LogP contribution is -2.33. The molecule has 1 aliphatic rings. The van der Waals surface area contributed by atoms with Crippen LogP contribution in [0.2, 0.25) is 5.02 Å². The summed E-state index contributed by atoms with van der Waals surface area (Å²) in [6, 6.07) is 20.5. The van der Waals surface area contributed by atoms with Gasteiger partial charge in [0.15, 0.2) is 11.5 Å². The first-order chi connectivity index (χ1) is 17.4. The van der Waals surface area contributed by atoms with Crippen molar-refractivity contribution in [1.82, 2.24) is 14.7 Å². The Bertz CT molecular complexity index is 1400. The van der Waals surface area contributed by atoms with Gasteiger partial charge in [0.2, 0.25) is 5.88 Å². The first kappa shape index (κ1) is 23.9. The van der Waals surface area contributed by atoms with Gasteiger partial charge in [0, 0.05) is 16.6 Å². The van der Waals surface area contributed by atoms with Crippen molar-refractivity contribution < 1.29 is 18.7 Å². The number of para-hydroxylation sites is 2. The maximum atomic E-state index is 13.9. The summed E-state index contributed by atoms with van der Waals surface area (Å²) in [6.45, 7) is 2.15. The highest BCUT2D eigenvalue weighted by Crippen LogP contribution is 2.38. The number of nitrogens with zero attached hydrogens (tertiary/aromatic N) is 3. The van der Waals surface area contributed by atoms with E-state index in [9.17, 15) is 9.18 Å². The normalized spacial score (nSPS) is 12.9. The molecular weight excluding hydrogens is 481 g/mol. The molecule has 0 radical (unpaired) electrons. The fourth-order valence-corrected chi connectivity index (χ4v) is 4.23. The minimum atomic E-state index is -0.441. The van der Waals surface area contributed by atoms with Crippen molar-refractivity contribution in [2.75, 3.05) is 7.11 Å². The molecule has 1 fully saturated rings. The van der Waals surface area contributed by atoms with E-state index in [1.54, 1.807) is 41.0 Å². The van der Waals surface area contributed by atoms with Gasteiger partial charge < -0.3 is 14.4 Å². The minimum Gasteiger partial charge on any atom is -0.493 e. The third-order valence-corrected chi connectivity index (χ3v) is 6.38. The number of aryl methyl sites for hydroxylation is 1. The van der Waals surface area contributed by atoms with Crippen LogP contribution in [0.25, 0.3) is 5.69 Å². The molecule has 3 aromatic carbocycles. The van der Waals surface area contributed by atoms with Gasteiger partial charge in [-0.05, 0) is 74.4 Å². The Morgan fingerprint density at radius 3 is 2.47 bits per heavy atom. The van der Waals surface area contributed by atoms with Crippen LogP contribution in [0.15, 0.2) is 72.8 Å². The summed E-state index contributed by atoms with van der Waals surface area (Å²) in [5.41, 5.74) is 2.55. The highest BCUT2D eigenvalue weighted by Gasteiger charge is 2.35. The van der Waals surface area contributed by atoms with Crippen LogP contribution in [-0.4, -0.2) is 33.7 Å². The predicted molar refractivity (Wildman–Crippen MR) is 136 cm³/mol. The second-order valence-corrected chi connectivity index (χ2v) is 9.12. The number of methoxy groups -OCH3 is 1. The van der Waals surface area contributed by atoms with Crippen LogP contribution in [0.1, 0.15) is 34.5 Å². The summed E-state index contributed by atoms with van der Waals surface area (Å²) in [5.74, 6) is 0.894. The van der Waals surface area contributed by atoms with Gasteiger partial charge in [-0.1, -0.05) is 29.8 Å². The molecule has 1 heterocycles. The standard InChI is InChI=1S/C28H25ClFN3O3/c1-18-24(17-32(22-14-15-22)27(34)19-6-5-7-21(30)16-19)28(36-26-9-4-3-8-25(26)35-2)33(31-18)23-12-10-20(29)11-13-23/h3-13,16,22H,14-15,17H2,1-2H3. The van der Waals surface area contributed by atoms with Crippen LogP contribution in [-0.2, 0) is 6.54 Å². The third kappa shape index (κ3) is 4.93. The minimum absolute atomic E-state index is 0.0816. The van der Waals surface area contributed by atoms with E-state index in [-0.39, 0.29) is 18.5 Å². The van der Waals surface area contributed by atoms with Crippen molar-refractivity contribution in [1.29, 1.82) is 0 Å². The van der Waals surface area contributed by atoms with E-state index in [0.29, 0.717) is 33.7 Å². The van der Waals surface area contributed by atoms with E-state index in [0.717, 1.165) is 24.1 Å². The zero-order chi connectivity index (χ0) is 25.2. The molecule has 0 bridgehead atoms. The Morgan fingerprint density at radius 2 is 1.81 bits per heavy atom. The average Bonchev–Trinajstić information content (AvgIpc) is 3.68. The van der Waals surface area contributed by atoms with Gasteiger partial charge in [-0.3, -0.25) is 4.79 Å². The molecule has 1 saturated carbocycles. The number of hydrogen-bond acceptors (Lipinski definition) is 4. The van der Waals surface area contributed by atoms with E-state index in [1.807, 2.05) is 43.3 Å². The lowest BCUT2D eigenvalue weighted by Gasteiger charge is -2.23. The van der Waals surface area contributed by atoms with Crippen molar-refractivity contribution in [3.63, 3.8) is 0 Å². The number of hydrogen-bond donors (Lipinski definition) is 0. The quantitative estimate of drug-likeness (QED) is 0.271. The zero-order valence-electron chi connectivity index (χ0n) is 19.9. The van der Waals surface area contributed by atoms with Crippen molar-refractivity contribution in [2.45, 2.75) is 32.4 Å². The number of amides is 1. The molecule has 0 N–H and O–H groups in total. The molecule has 8 heteroatoms. The Hall–Kier alpha value is -3.84. The van der Waals surface area contributed by atoms with Crippen LogP contribution in [0.4, 0.5) is 4.39 Å². The molecule has 5 rings (SSSR count). The fraction of sp³-hybridized carbons (Fsp3) is 0.214. The number of carbonyl (C=O) groups is 1. The second-order valence-electron chi connectivity index (χ2n) is 8.68. The van der Waals surface area contributed by atoms with Gasteiger partial charge in [-0.25, -0.2) is 9.07 Å². The van der Waals surface area contributed by atoms with Gasteiger partial charge in [0.25, 0.3) is 5.91 Å². The first-order valence-electron chi connectivity index (χ1n) is 11.7.